The highest BCUT2D eigenvalue weighted by atomic mass is 35.5. The van der Waals surface area contributed by atoms with Crippen LogP contribution in [0.3, 0.4) is 0 Å². The standard InChI is InChI=1S/C21H29ClN2O3S/c1-3-4-5-6-7-10-13-21(2)18(14-20(26)28-21)27-15-19(25)24-23-17-12-9-8-11-16(17)22/h8-9,11-12,14,23H,3-7,10,13,15H2,1-2H3,(H,24,25). The van der Waals surface area contributed by atoms with Crippen molar-refractivity contribution in [2.24, 2.45) is 0 Å². The highest BCUT2D eigenvalue weighted by molar-refractivity contribution is 8.15. The van der Waals surface area contributed by atoms with Crippen molar-refractivity contribution < 1.29 is 14.3 Å². The summed E-state index contributed by atoms with van der Waals surface area (Å²) in [7, 11) is 0. The number of ether oxygens (including phenoxy) is 1. The van der Waals surface area contributed by atoms with Crippen molar-refractivity contribution in [3.05, 3.63) is 41.1 Å². The molecule has 0 saturated heterocycles. The zero-order valence-electron chi connectivity index (χ0n) is 16.6. The molecule has 1 heterocycles. The third kappa shape index (κ3) is 7.06. The Balaban J connectivity index is 1.77. The molecule has 1 amide bonds. The van der Waals surface area contributed by atoms with E-state index >= 15 is 0 Å². The molecule has 0 fully saturated rings. The van der Waals surface area contributed by atoms with Crippen LogP contribution < -0.4 is 10.9 Å². The molecule has 0 saturated carbocycles. The van der Waals surface area contributed by atoms with E-state index in [4.69, 9.17) is 16.3 Å². The van der Waals surface area contributed by atoms with Crippen LogP contribution in [0.2, 0.25) is 5.02 Å². The van der Waals surface area contributed by atoms with Gasteiger partial charge in [0.1, 0.15) is 5.76 Å². The first-order chi connectivity index (χ1) is 13.4. The second-order valence-electron chi connectivity index (χ2n) is 7.12. The zero-order chi connectivity index (χ0) is 20.4. The quantitative estimate of drug-likeness (QED) is 0.344. The molecule has 0 radical (unpaired) electrons. The van der Waals surface area contributed by atoms with Crippen molar-refractivity contribution >= 4 is 40.1 Å². The Bertz CT molecular complexity index is 711. The van der Waals surface area contributed by atoms with Crippen molar-refractivity contribution in [2.45, 2.75) is 63.5 Å². The van der Waals surface area contributed by atoms with Gasteiger partial charge in [-0.05, 0) is 25.5 Å². The minimum absolute atomic E-state index is 0.0157. The molecule has 1 aromatic carbocycles. The van der Waals surface area contributed by atoms with Crippen molar-refractivity contribution in [2.75, 3.05) is 12.0 Å². The van der Waals surface area contributed by atoms with Gasteiger partial charge in [0, 0.05) is 6.08 Å². The lowest BCUT2D eigenvalue weighted by molar-refractivity contribution is -0.124. The Morgan fingerprint density at radius 1 is 1.18 bits per heavy atom. The summed E-state index contributed by atoms with van der Waals surface area (Å²) in [5, 5.41) is 0.494. The number of hydrogen-bond acceptors (Lipinski definition) is 5. The summed E-state index contributed by atoms with van der Waals surface area (Å²) in [6.45, 7) is 4.06. The first kappa shape index (κ1) is 22.6. The van der Waals surface area contributed by atoms with Gasteiger partial charge in [0.2, 0.25) is 5.12 Å². The number of anilines is 1. The van der Waals surface area contributed by atoms with Crippen LogP contribution in [0, 0.1) is 0 Å². The van der Waals surface area contributed by atoms with E-state index in [-0.39, 0.29) is 17.6 Å². The van der Waals surface area contributed by atoms with Crippen LogP contribution in [0.1, 0.15) is 58.8 Å². The molecule has 0 aliphatic carbocycles. The molecule has 5 nitrogen and oxygen atoms in total. The van der Waals surface area contributed by atoms with Crippen LogP contribution in [0.5, 0.6) is 0 Å². The number of hydrazine groups is 1. The lowest BCUT2D eigenvalue weighted by atomic mass is 9.99. The van der Waals surface area contributed by atoms with E-state index in [2.05, 4.69) is 17.8 Å². The van der Waals surface area contributed by atoms with Crippen LogP contribution in [-0.2, 0) is 14.3 Å². The van der Waals surface area contributed by atoms with Gasteiger partial charge in [-0.1, -0.05) is 80.9 Å². The summed E-state index contributed by atoms with van der Waals surface area (Å²) in [5.41, 5.74) is 5.94. The first-order valence-electron chi connectivity index (χ1n) is 9.82. The SMILES string of the molecule is CCCCCCCCC1(C)SC(=O)C=C1OCC(=O)NNc1ccccc1Cl. The summed E-state index contributed by atoms with van der Waals surface area (Å²) >= 11 is 7.32. The topological polar surface area (TPSA) is 67.4 Å². The zero-order valence-corrected chi connectivity index (χ0v) is 18.1. The third-order valence-corrected chi connectivity index (χ3v) is 6.18. The van der Waals surface area contributed by atoms with Crippen LogP contribution in [-0.4, -0.2) is 22.4 Å². The maximum absolute atomic E-state index is 12.1. The highest BCUT2D eigenvalue weighted by Gasteiger charge is 2.39. The van der Waals surface area contributed by atoms with E-state index in [0.717, 1.165) is 19.3 Å². The number of benzene rings is 1. The van der Waals surface area contributed by atoms with Crippen LogP contribution in [0.15, 0.2) is 36.1 Å². The average Bonchev–Trinajstić information content (AvgIpc) is 2.95. The molecule has 1 unspecified atom stereocenters. The van der Waals surface area contributed by atoms with Gasteiger partial charge < -0.3 is 4.74 Å². The minimum atomic E-state index is -0.391. The number of thioether (sulfide) groups is 1. The van der Waals surface area contributed by atoms with E-state index in [9.17, 15) is 9.59 Å². The van der Waals surface area contributed by atoms with Crippen molar-refractivity contribution in [1.29, 1.82) is 0 Å². The smallest absolute Gasteiger partial charge is 0.276 e. The fraction of sp³-hybridized carbons (Fsp3) is 0.524. The average molecular weight is 425 g/mol. The molecule has 0 aromatic heterocycles. The Hall–Kier alpha value is -1.66. The van der Waals surface area contributed by atoms with E-state index in [1.807, 2.05) is 19.1 Å². The molecule has 0 spiro atoms. The number of nitrogens with one attached hydrogen (secondary N) is 2. The van der Waals surface area contributed by atoms with Gasteiger partial charge in [0.25, 0.3) is 5.91 Å². The maximum Gasteiger partial charge on any atom is 0.276 e. The molecule has 28 heavy (non-hydrogen) atoms. The molecular formula is C21H29ClN2O3S. The van der Waals surface area contributed by atoms with Crippen LogP contribution in [0.25, 0.3) is 0 Å². The summed E-state index contributed by atoms with van der Waals surface area (Å²) in [6, 6.07) is 7.11. The number of para-hydroxylation sites is 1. The Labute approximate surface area is 176 Å². The van der Waals surface area contributed by atoms with Crippen molar-refractivity contribution in [3.63, 3.8) is 0 Å². The lowest BCUT2D eigenvalue weighted by Crippen LogP contribution is -2.34. The Morgan fingerprint density at radius 3 is 2.64 bits per heavy atom. The number of unbranched alkanes of at least 4 members (excludes halogenated alkanes) is 5. The summed E-state index contributed by atoms with van der Waals surface area (Å²) in [6.07, 6.45) is 9.56. The molecule has 1 atom stereocenters. The van der Waals surface area contributed by atoms with Gasteiger partial charge in [-0.3, -0.25) is 20.4 Å². The van der Waals surface area contributed by atoms with Crippen molar-refractivity contribution in [3.8, 4) is 0 Å². The number of amides is 1. The number of rotatable bonds is 12. The molecule has 1 aliphatic rings. The van der Waals surface area contributed by atoms with E-state index in [1.165, 1.54) is 43.5 Å². The maximum atomic E-state index is 12.1. The number of carbonyl (C=O) groups excluding carboxylic acids is 2. The fourth-order valence-electron chi connectivity index (χ4n) is 3.05. The van der Waals surface area contributed by atoms with Crippen LogP contribution >= 0.6 is 23.4 Å². The summed E-state index contributed by atoms with van der Waals surface area (Å²) in [4.78, 5) is 24.0. The Morgan fingerprint density at radius 2 is 1.89 bits per heavy atom. The predicted molar refractivity (Wildman–Crippen MR) is 116 cm³/mol. The molecule has 1 aliphatic heterocycles. The van der Waals surface area contributed by atoms with E-state index in [1.54, 1.807) is 12.1 Å². The second-order valence-corrected chi connectivity index (χ2v) is 9.03. The second kappa shape index (κ2) is 11.4. The van der Waals surface area contributed by atoms with Gasteiger partial charge in [-0.15, -0.1) is 0 Å². The largest absolute Gasteiger partial charge is 0.486 e. The normalized spacial score (nSPS) is 18.7. The minimum Gasteiger partial charge on any atom is -0.486 e. The fourth-order valence-corrected chi connectivity index (χ4v) is 4.31. The summed E-state index contributed by atoms with van der Waals surface area (Å²) < 4.78 is 5.31. The molecule has 7 heteroatoms. The summed E-state index contributed by atoms with van der Waals surface area (Å²) in [5.74, 6) is 0.246. The van der Waals surface area contributed by atoms with Gasteiger partial charge >= 0.3 is 0 Å². The van der Waals surface area contributed by atoms with E-state index < -0.39 is 4.75 Å². The van der Waals surface area contributed by atoms with Crippen LogP contribution in [0.4, 0.5) is 5.69 Å². The predicted octanol–water partition coefficient (Wildman–Crippen LogP) is 5.47. The molecule has 1 aromatic rings. The van der Waals surface area contributed by atoms with E-state index in [0.29, 0.717) is 16.5 Å². The number of hydrogen-bond donors (Lipinski definition) is 2. The first-order valence-corrected chi connectivity index (χ1v) is 11.0. The molecule has 2 N–H and O–H groups in total. The highest BCUT2D eigenvalue weighted by Crippen LogP contribution is 2.44. The van der Waals surface area contributed by atoms with Gasteiger partial charge in [-0.2, -0.15) is 0 Å². The molecule has 2 rings (SSSR count). The molecule has 154 valence electrons. The molecular weight excluding hydrogens is 396 g/mol. The third-order valence-electron chi connectivity index (χ3n) is 4.67. The van der Waals surface area contributed by atoms with Gasteiger partial charge in [0.15, 0.2) is 6.61 Å². The number of halogens is 1. The van der Waals surface area contributed by atoms with Gasteiger partial charge in [-0.25, -0.2) is 0 Å². The van der Waals surface area contributed by atoms with Gasteiger partial charge in [0.05, 0.1) is 15.5 Å². The monoisotopic (exact) mass is 424 g/mol. The Kier molecular flexibility index (Phi) is 9.19. The number of carbonyl (C=O) groups is 2. The molecule has 0 bridgehead atoms. The lowest BCUT2D eigenvalue weighted by Gasteiger charge is -2.26. The van der Waals surface area contributed by atoms with Crippen molar-refractivity contribution in [1.82, 2.24) is 5.43 Å².